The number of hydrogen-bond donors (Lipinski definition) is 3. The number of carbonyl (C=O) groups is 2. The summed E-state index contributed by atoms with van der Waals surface area (Å²) in [7, 11) is 0. The molecule has 0 radical (unpaired) electrons. The summed E-state index contributed by atoms with van der Waals surface area (Å²) in [5, 5.41) is 14.8. The zero-order valence-corrected chi connectivity index (χ0v) is 21.1. The van der Waals surface area contributed by atoms with Crippen LogP contribution in [0.3, 0.4) is 0 Å². The van der Waals surface area contributed by atoms with Crippen molar-refractivity contribution in [1.82, 2.24) is 25.7 Å². The number of aliphatic hydroxyl groups excluding tert-OH is 1. The molecular weight excluding hydrogens is 501 g/mol. The van der Waals surface area contributed by atoms with Gasteiger partial charge in [0.25, 0.3) is 11.8 Å². The molecule has 0 aliphatic carbocycles. The van der Waals surface area contributed by atoms with Crippen molar-refractivity contribution in [1.29, 1.82) is 0 Å². The maximum absolute atomic E-state index is 13.4. The van der Waals surface area contributed by atoms with Crippen molar-refractivity contribution < 1.29 is 14.7 Å². The summed E-state index contributed by atoms with van der Waals surface area (Å²) >= 11 is 12.2. The molecule has 10 heteroatoms. The molecule has 1 aliphatic heterocycles. The summed E-state index contributed by atoms with van der Waals surface area (Å²) in [4.78, 5) is 35.9. The molecule has 3 aromatic rings. The molecule has 4 rings (SSSR count). The molecule has 1 fully saturated rings. The lowest BCUT2D eigenvalue weighted by atomic mass is 10.0. The van der Waals surface area contributed by atoms with Gasteiger partial charge in [0.1, 0.15) is 0 Å². The van der Waals surface area contributed by atoms with Crippen LogP contribution in [0.4, 0.5) is 0 Å². The average Bonchev–Trinajstić information content (AvgIpc) is 2.89. The van der Waals surface area contributed by atoms with Gasteiger partial charge in [-0.15, -0.1) is 0 Å². The SMILES string of the molecule is O=C(NCCCO)c1nc(-c2ccc(Cl)cc2)c(-c2ccc(Cl)cc2)nc1C(=O)NN1CCCCC1. The van der Waals surface area contributed by atoms with Gasteiger partial charge in [-0.2, -0.15) is 0 Å². The van der Waals surface area contributed by atoms with Crippen molar-refractivity contribution in [3.05, 3.63) is 70.0 Å². The number of hydrazine groups is 1. The second kappa shape index (κ2) is 12.3. The number of aromatic nitrogens is 2. The lowest BCUT2D eigenvalue weighted by Crippen LogP contribution is -2.46. The van der Waals surface area contributed by atoms with Gasteiger partial charge in [0.15, 0.2) is 11.4 Å². The molecule has 0 bridgehead atoms. The van der Waals surface area contributed by atoms with Gasteiger partial charge < -0.3 is 10.4 Å². The Kier molecular flexibility index (Phi) is 8.88. The van der Waals surface area contributed by atoms with Crippen LogP contribution in [0.1, 0.15) is 46.7 Å². The second-order valence-corrected chi connectivity index (χ2v) is 9.33. The highest BCUT2D eigenvalue weighted by molar-refractivity contribution is 6.31. The zero-order valence-electron chi connectivity index (χ0n) is 19.6. The molecule has 1 aliphatic rings. The van der Waals surface area contributed by atoms with Crippen LogP contribution < -0.4 is 10.7 Å². The summed E-state index contributed by atoms with van der Waals surface area (Å²) in [6.45, 7) is 1.62. The molecule has 188 valence electrons. The molecule has 0 saturated carbocycles. The van der Waals surface area contributed by atoms with E-state index in [1.807, 2.05) is 5.01 Å². The first-order chi connectivity index (χ1) is 17.5. The van der Waals surface area contributed by atoms with Crippen LogP contribution in [0.5, 0.6) is 0 Å². The molecule has 2 aromatic carbocycles. The van der Waals surface area contributed by atoms with E-state index in [0.29, 0.717) is 39.0 Å². The molecule has 1 aromatic heterocycles. The number of nitrogens with zero attached hydrogens (tertiary/aromatic N) is 3. The minimum absolute atomic E-state index is 0.0697. The Hall–Kier alpha value is -3.04. The van der Waals surface area contributed by atoms with Crippen molar-refractivity contribution in [2.75, 3.05) is 26.2 Å². The van der Waals surface area contributed by atoms with E-state index in [0.717, 1.165) is 32.4 Å². The Labute approximate surface area is 219 Å². The number of piperidine rings is 1. The highest BCUT2D eigenvalue weighted by Gasteiger charge is 2.26. The van der Waals surface area contributed by atoms with E-state index in [1.54, 1.807) is 48.5 Å². The van der Waals surface area contributed by atoms with Gasteiger partial charge >= 0.3 is 0 Å². The first-order valence-corrected chi connectivity index (χ1v) is 12.6. The van der Waals surface area contributed by atoms with Crippen LogP contribution in [0.25, 0.3) is 22.5 Å². The lowest BCUT2D eigenvalue weighted by molar-refractivity contribution is 0.0737. The second-order valence-electron chi connectivity index (χ2n) is 8.45. The number of rotatable bonds is 8. The van der Waals surface area contributed by atoms with E-state index in [1.165, 1.54) is 0 Å². The molecular formula is C26H27Cl2N5O3. The fourth-order valence-corrected chi connectivity index (χ4v) is 4.19. The quantitative estimate of drug-likeness (QED) is 0.375. The predicted molar refractivity (Wildman–Crippen MR) is 140 cm³/mol. The van der Waals surface area contributed by atoms with Gasteiger partial charge in [0, 0.05) is 47.4 Å². The average molecular weight is 528 g/mol. The van der Waals surface area contributed by atoms with Crippen LogP contribution in [0, 0.1) is 0 Å². The summed E-state index contributed by atoms with van der Waals surface area (Å²) in [5.41, 5.74) is 4.95. The number of nitrogens with one attached hydrogen (secondary N) is 2. The molecule has 36 heavy (non-hydrogen) atoms. The molecule has 2 amide bonds. The minimum Gasteiger partial charge on any atom is -0.396 e. The van der Waals surface area contributed by atoms with Crippen molar-refractivity contribution in [3.63, 3.8) is 0 Å². The van der Waals surface area contributed by atoms with Crippen LogP contribution in [0.2, 0.25) is 10.0 Å². The van der Waals surface area contributed by atoms with E-state index in [4.69, 9.17) is 33.3 Å². The van der Waals surface area contributed by atoms with Gasteiger partial charge in [0.2, 0.25) is 0 Å². The molecule has 0 spiro atoms. The molecule has 8 nitrogen and oxygen atoms in total. The number of hydrogen-bond acceptors (Lipinski definition) is 6. The number of carbonyl (C=O) groups excluding carboxylic acids is 2. The largest absolute Gasteiger partial charge is 0.396 e. The Morgan fingerprint density at radius 3 is 1.81 bits per heavy atom. The third-order valence-electron chi connectivity index (χ3n) is 5.80. The number of amides is 2. The van der Waals surface area contributed by atoms with Gasteiger partial charge in [0.05, 0.1) is 11.4 Å². The normalized spacial score (nSPS) is 13.9. The smallest absolute Gasteiger partial charge is 0.286 e. The van der Waals surface area contributed by atoms with Crippen LogP contribution in [-0.2, 0) is 0 Å². The molecule has 0 atom stereocenters. The van der Waals surface area contributed by atoms with Crippen LogP contribution >= 0.6 is 23.2 Å². The predicted octanol–water partition coefficient (Wildman–Crippen LogP) is 4.36. The van der Waals surface area contributed by atoms with E-state index in [-0.39, 0.29) is 24.5 Å². The lowest BCUT2D eigenvalue weighted by Gasteiger charge is -2.27. The van der Waals surface area contributed by atoms with Crippen LogP contribution in [0.15, 0.2) is 48.5 Å². The topological polar surface area (TPSA) is 107 Å². The third-order valence-corrected chi connectivity index (χ3v) is 6.30. The maximum Gasteiger partial charge on any atom is 0.286 e. The van der Waals surface area contributed by atoms with E-state index in [9.17, 15) is 9.59 Å². The first kappa shape index (κ1) is 26.0. The Morgan fingerprint density at radius 2 is 1.31 bits per heavy atom. The van der Waals surface area contributed by atoms with Gasteiger partial charge in [-0.3, -0.25) is 15.0 Å². The van der Waals surface area contributed by atoms with Gasteiger partial charge in [-0.05, 0) is 43.5 Å². The fourth-order valence-electron chi connectivity index (χ4n) is 3.94. The molecule has 1 saturated heterocycles. The van der Waals surface area contributed by atoms with Crippen LogP contribution in [-0.4, -0.2) is 58.1 Å². The molecule has 2 heterocycles. The summed E-state index contributed by atoms with van der Waals surface area (Å²) < 4.78 is 0. The van der Waals surface area contributed by atoms with E-state index < -0.39 is 11.8 Å². The van der Waals surface area contributed by atoms with Crippen molar-refractivity contribution in [2.24, 2.45) is 0 Å². The first-order valence-electron chi connectivity index (χ1n) is 11.8. The van der Waals surface area contributed by atoms with Crippen molar-refractivity contribution in [2.45, 2.75) is 25.7 Å². The standard InChI is InChI=1S/C26H27Cl2N5O3/c27-19-9-5-17(6-10-19)21-22(18-7-11-20(28)12-8-18)31-24(23(30-21)25(35)29-13-4-16-34)26(36)32-33-14-2-1-3-15-33/h5-12,34H,1-4,13-16H2,(H,29,35)(H,32,36). The highest BCUT2D eigenvalue weighted by atomic mass is 35.5. The number of aliphatic hydroxyl groups is 1. The maximum atomic E-state index is 13.4. The Balaban J connectivity index is 1.84. The number of halogens is 2. The summed E-state index contributed by atoms with van der Waals surface area (Å²) in [6.07, 6.45) is 3.44. The third kappa shape index (κ3) is 6.39. The number of benzene rings is 2. The zero-order chi connectivity index (χ0) is 25.5. The highest BCUT2D eigenvalue weighted by Crippen LogP contribution is 2.31. The van der Waals surface area contributed by atoms with E-state index in [2.05, 4.69) is 15.7 Å². The van der Waals surface area contributed by atoms with Gasteiger partial charge in [-0.1, -0.05) is 53.9 Å². The summed E-state index contributed by atoms with van der Waals surface area (Å²) in [6, 6.07) is 14.1. The van der Waals surface area contributed by atoms with Crippen molar-refractivity contribution >= 4 is 35.0 Å². The van der Waals surface area contributed by atoms with Crippen molar-refractivity contribution in [3.8, 4) is 22.5 Å². The van der Waals surface area contributed by atoms with Gasteiger partial charge in [-0.25, -0.2) is 15.0 Å². The molecule has 0 unspecified atom stereocenters. The van der Waals surface area contributed by atoms with E-state index >= 15 is 0 Å². The fraction of sp³-hybridized carbons (Fsp3) is 0.308. The monoisotopic (exact) mass is 527 g/mol. The molecule has 3 N–H and O–H groups in total. The Morgan fingerprint density at radius 1 is 0.806 bits per heavy atom. The Bertz CT molecular complexity index is 1210. The summed E-state index contributed by atoms with van der Waals surface area (Å²) in [5.74, 6) is -1.05. The minimum atomic E-state index is -0.544.